The second-order valence-corrected chi connectivity index (χ2v) is 7.54. The molecule has 0 radical (unpaired) electrons. The smallest absolute Gasteiger partial charge is 0.309 e. The molecule has 24 heavy (non-hydrogen) atoms. The van der Waals surface area contributed by atoms with E-state index in [-0.39, 0.29) is 30.2 Å². The first-order valence-corrected chi connectivity index (χ1v) is 8.80. The lowest BCUT2D eigenvalue weighted by Crippen LogP contribution is -2.48. The molecule has 1 saturated heterocycles. The number of carbonyl (C=O) groups is 1. The maximum Gasteiger partial charge on any atom is 0.309 e. The van der Waals surface area contributed by atoms with Gasteiger partial charge in [0.25, 0.3) is 0 Å². The van der Waals surface area contributed by atoms with Crippen LogP contribution < -0.4 is 9.47 Å². The number of aliphatic hydroxyl groups is 1. The van der Waals surface area contributed by atoms with Crippen LogP contribution in [0.25, 0.3) is 0 Å². The van der Waals surface area contributed by atoms with Crippen LogP contribution in [-0.4, -0.2) is 62.3 Å². The second kappa shape index (κ2) is 6.96. The lowest BCUT2D eigenvalue weighted by atomic mass is 9.95. The quantitative estimate of drug-likeness (QED) is 0.785. The summed E-state index contributed by atoms with van der Waals surface area (Å²) in [5, 5.41) is 19.0. The average molecular weight is 359 g/mol. The molecule has 2 N–H and O–H groups in total. The maximum atomic E-state index is 12.9. The van der Waals surface area contributed by atoms with Crippen LogP contribution in [0.2, 0.25) is 0 Å². The molecule has 1 heterocycles. The molecule has 134 valence electrons. The second-order valence-electron chi connectivity index (χ2n) is 5.64. The lowest BCUT2D eigenvalue weighted by molar-refractivity contribution is -0.147. The fraction of sp³-hybridized carbons (Fsp3) is 0.533. The highest BCUT2D eigenvalue weighted by Gasteiger charge is 2.39. The van der Waals surface area contributed by atoms with Crippen molar-refractivity contribution in [3.63, 3.8) is 0 Å². The van der Waals surface area contributed by atoms with Crippen LogP contribution in [0, 0.1) is 12.8 Å². The van der Waals surface area contributed by atoms with Gasteiger partial charge < -0.3 is 19.7 Å². The standard InChI is InChI=1S/C15H21NO7S/c1-9-6-13(23-3)14(7-12(9)22-2)24(20,21)16-5-4-10(15(18)19)11(17)8-16/h6-7,10-11,17H,4-5,8H2,1-3H3,(H,18,19)/t10-,11+/m0/s1. The van der Waals surface area contributed by atoms with Gasteiger partial charge in [-0.15, -0.1) is 0 Å². The van der Waals surface area contributed by atoms with Gasteiger partial charge in [-0.3, -0.25) is 4.79 Å². The molecule has 9 heteroatoms. The number of ether oxygens (including phenoxy) is 2. The average Bonchev–Trinajstić information content (AvgIpc) is 2.53. The number of benzene rings is 1. The number of hydrogen-bond donors (Lipinski definition) is 2. The summed E-state index contributed by atoms with van der Waals surface area (Å²) in [6.45, 7) is 1.49. The Balaban J connectivity index is 2.39. The molecule has 1 aromatic rings. The van der Waals surface area contributed by atoms with Crippen LogP contribution in [0.5, 0.6) is 11.5 Å². The summed E-state index contributed by atoms with van der Waals surface area (Å²) in [6.07, 6.45) is -1.22. The summed E-state index contributed by atoms with van der Waals surface area (Å²) >= 11 is 0. The number of nitrogens with zero attached hydrogens (tertiary/aromatic N) is 1. The van der Waals surface area contributed by atoms with Crippen LogP contribution >= 0.6 is 0 Å². The minimum absolute atomic E-state index is 0.00963. The van der Waals surface area contributed by atoms with Crippen molar-refractivity contribution in [1.29, 1.82) is 0 Å². The predicted molar refractivity (Wildman–Crippen MR) is 84.8 cm³/mol. The molecule has 0 saturated carbocycles. The first-order valence-electron chi connectivity index (χ1n) is 7.36. The van der Waals surface area contributed by atoms with Gasteiger partial charge in [0.15, 0.2) is 0 Å². The van der Waals surface area contributed by atoms with E-state index in [2.05, 4.69) is 0 Å². The largest absolute Gasteiger partial charge is 0.496 e. The number of carboxylic acids is 1. The van der Waals surface area contributed by atoms with Crippen molar-refractivity contribution >= 4 is 16.0 Å². The highest BCUT2D eigenvalue weighted by Crippen LogP contribution is 2.34. The van der Waals surface area contributed by atoms with E-state index in [0.29, 0.717) is 5.75 Å². The summed E-state index contributed by atoms with van der Waals surface area (Å²) in [7, 11) is -1.16. The number of aliphatic hydroxyl groups excluding tert-OH is 1. The van der Waals surface area contributed by atoms with Gasteiger partial charge in [-0.05, 0) is 25.0 Å². The maximum absolute atomic E-state index is 12.9. The van der Waals surface area contributed by atoms with Crippen molar-refractivity contribution in [3.05, 3.63) is 17.7 Å². The fourth-order valence-electron chi connectivity index (χ4n) is 2.77. The number of β-amino-alcohol motifs (C(OH)–C–C–N with tert-alkyl or cyclic N) is 1. The fourth-order valence-corrected chi connectivity index (χ4v) is 4.40. The number of methoxy groups -OCH3 is 2. The Kier molecular flexibility index (Phi) is 5.36. The monoisotopic (exact) mass is 359 g/mol. The Hall–Kier alpha value is -1.84. The van der Waals surface area contributed by atoms with Gasteiger partial charge in [-0.25, -0.2) is 8.42 Å². The molecule has 1 aromatic carbocycles. The molecule has 2 atom stereocenters. The summed E-state index contributed by atoms with van der Waals surface area (Å²) in [5.74, 6) is -1.53. The van der Waals surface area contributed by atoms with Crippen molar-refractivity contribution in [2.45, 2.75) is 24.3 Å². The minimum atomic E-state index is -3.96. The zero-order chi connectivity index (χ0) is 18.1. The van der Waals surface area contributed by atoms with E-state index >= 15 is 0 Å². The number of piperidine rings is 1. The lowest BCUT2D eigenvalue weighted by Gasteiger charge is -2.33. The molecule has 1 aliphatic rings. The van der Waals surface area contributed by atoms with Gasteiger partial charge in [0.1, 0.15) is 16.4 Å². The van der Waals surface area contributed by atoms with Crippen molar-refractivity contribution < 1.29 is 32.9 Å². The van der Waals surface area contributed by atoms with Gasteiger partial charge in [0.05, 0.1) is 26.2 Å². The zero-order valence-electron chi connectivity index (χ0n) is 13.7. The summed E-state index contributed by atoms with van der Waals surface area (Å²) < 4.78 is 37.2. The predicted octanol–water partition coefficient (Wildman–Crippen LogP) is 0.468. The third kappa shape index (κ3) is 3.33. The van der Waals surface area contributed by atoms with Crippen molar-refractivity contribution in [2.75, 3.05) is 27.3 Å². The number of carboxylic acid groups (broad SMARTS) is 1. The van der Waals surface area contributed by atoms with E-state index in [1.165, 1.54) is 20.3 Å². The molecule has 8 nitrogen and oxygen atoms in total. The number of aryl methyl sites for hydroxylation is 1. The molecule has 0 unspecified atom stereocenters. The first-order chi connectivity index (χ1) is 11.2. The highest BCUT2D eigenvalue weighted by molar-refractivity contribution is 7.89. The van der Waals surface area contributed by atoms with E-state index in [9.17, 15) is 18.3 Å². The van der Waals surface area contributed by atoms with Gasteiger partial charge in [0.2, 0.25) is 10.0 Å². The van der Waals surface area contributed by atoms with Gasteiger partial charge in [0, 0.05) is 19.2 Å². The molecule has 0 spiro atoms. The van der Waals surface area contributed by atoms with Crippen LogP contribution in [0.15, 0.2) is 17.0 Å². The van der Waals surface area contributed by atoms with Crippen molar-refractivity contribution in [2.24, 2.45) is 5.92 Å². The van der Waals surface area contributed by atoms with Gasteiger partial charge in [-0.1, -0.05) is 0 Å². The molecule has 2 rings (SSSR count). The highest BCUT2D eigenvalue weighted by atomic mass is 32.2. The zero-order valence-corrected chi connectivity index (χ0v) is 14.5. The molecular formula is C15H21NO7S. The van der Waals surface area contributed by atoms with Crippen molar-refractivity contribution in [3.8, 4) is 11.5 Å². The molecule has 1 fully saturated rings. The molecule has 0 aromatic heterocycles. The molecule has 1 aliphatic heterocycles. The van der Waals surface area contributed by atoms with E-state index < -0.39 is 28.0 Å². The molecule has 0 aliphatic carbocycles. The Morgan fingerprint density at radius 2 is 1.88 bits per heavy atom. The number of aliphatic carboxylic acids is 1. The topological polar surface area (TPSA) is 113 Å². The van der Waals surface area contributed by atoms with E-state index in [0.717, 1.165) is 9.87 Å². The third-order valence-electron chi connectivity index (χ3n) is 4.16. The van der Waals surface area contributed by atoms with Gasteiger partial charge >= 0.3 is 5.97 Å². The van der Waals surface area contributed by atoms with E-state index in [4.69, 9.17) is 14.6 Å². The number of hydrogen-bond acceptors (Lipinski definition) is 6. The molecule has 0 bridgehead atoms. The van der Waals surface area contributed by atoms with Crippen LogP contribution in [0.4, 0.5) is 0 Å². The van der Waals surface area contributed by atoms with E-state index in [1.807, 2.05) is 0 Å². The van der Waals surface area contributed by atoms with Gasteiger partial charge in [-0.2, -0.15) is 4.31 Å². The Morgan fingerprint density at radius 1 is 1.25 bits per heavy atom. The Bertz CT molecular complexity index is 732. The third-order valence-corrected chi connectivity index (χ3v) is 6.05. The summed E-state index contributed by atoms with van der Waals surface area (Å²) in [6, 6.07) is 2.94. The SMILES string of the molecule is COc1cc(S(=O)(=O)N2CC[C@H](C(=O)O)[C@H](O)C2)c(OC)cc1C. The minimum Gasteiger partial charge on any atom is -0.496 e. The summed E-state index contributed by atoms with van der Waals surface area (Å²) in [4.78, 5) is 11.0. The van der Waals surface area contributed by atoms with Crippen LogP contribution in [0.1, 0.15) is 12.0 Å². The Morgan fingerprint density at radius 3 is 2.38 bits per heavy atom. The van der Waals surface area contributed by atoms with Crippen molar-refractivity contribution in [1.82, 2.24) is 4.31 Å². The van der Waals surface area contributed by atoms with Crippen LogP contribution in [-0.2, 0) is 14.8 Å². The Labute approximate surface area is 140 Å². The number of rotatable bonds is 5. The van der Waals surface area contributed by atoms with Crippen LogP contribution in [0.3, 0.4) is 0 Å². The number of sulfonamides is 1. The molecular weight excluding hydrogens is 338 g/mol. The first kappa shape index (κ1) is 18.5. The van der Waals surface area contributed by atoms with E-state index in [1.54, 1.807) is 13.0 Å². The summed E-state index contributed by atoms with van der Waals surface area (Å²) in [5.41, 5.74) is 0.720. The molecule has 0 amide bonds. The normalized spacial score (nSPS) is 22.2.